The van der Waals surface area contributed by atoms with Crippen LogP contribution in [0.15, 0.2) is 18.2 Å². The quantitative estimate of drug-likeness (QED) is 0.436. The summed E-state index contributed by atoms with van der Waals surface area (Å²) in [5, 5.41) is 18.6. The van der Waals surface area contributed by atoms with Gasteiger partial charge in [0.15, 0.2) is 0 Å². The summed E-state index contributed by atoms with van der Waals surface area (Å²) in [5.41, 5.74) is 3.41. The predicted molar refractivity (Wildman–Crippen MR) is 110 cm³/mol. The van der Waals surface area contributed by atoms with Crippen molar-refractivity contribution in [1.29, 1.82) is 0 Å². The van der Waals surface area contributed by atoms with Gasteiger partial charge in [-0.2, -0.15) is 0 Å². The molecule has 2 fully saturated rings. The molecule has 0 atom stereocenters. The first-order chi connectivity index (χ1) is 13.4. The van der Waals surface area contributed by atoms with Crippen molar-refractivity contribution >= 4 is 11.9 Å². The van der Waals surface area contributed by atoms with Gasteiger partial charge in [-0.3, -0.25) is 9.59 Å². The highest BCUT2D eigenvalue weighted by atomic mass is 16.4. The summed E-state index contributed by atoms with van der Waals surface area (Å²) in [4.78, 5) is 22.5. The van der Waals surface area contributed by atoms with Crippen LogP contribution in [0.1, 0.15) is 87.3 Å². The minimum atomic E-state index is -0.611. The van der Waals surface area contributed by atoms with E-state index in [2.05, 4.69) is 25.1 Å². The molecule has 154 valence electrons. The summed E-state index contributed by atoms with van der Waals surface area (Å²) < 4.78 is 0. The first-order valence-electron chi connectivity index (χ1n) is 10.9. The van der Waals surface area contributed by atoms with Gasteiger partial charge in [0.05, 0.1) is 10.8 Å². The van der Waals surface area contributed by atoms with Crippen LogP contribution in [0.5, 0.6) is 0 Å². The minimum Gasteiger partial charge on any atom is -0.481 e. The molecular formula is C24H34O4. The van der Waals surface area contributed by atoms with Gasteiger partial charge >= 0.3 is 11.9 Å². The maximum Gasteiger partial charge on any atom is 0.309 e. The third-order valence-electron chi connectivity index (χ3n) is 7.06. The molecule has 0 aromatic heterocycles. The molecule has 2 saturated carbocycles. The summed E-state index contributed by atoms with van der Waals surface area (Å²) in [6.45, 7) is 2.17. The summed E-state index contributed by atoms with van der Waals surface area (Å²) in [7, 11) is 0. The molecule has 0 aliphatic heterocycles. The molecule has 0 radical (unpaired) electrons. The van der Waals surface area contributed by atoms with Crippen LogP contribution in [0.3, 0.4) is 0 Å². The average Bonchev–Trinajstić information content (AvgIpc) is 3.55. The predicted octanol–water partition coefficient (Wildman–Crippen LogP) is 5.54. The van der Waals surface area contributed by atoms with Crippen LogP contribution in [-0.4, -0.2) is 22.2 Å². The first kappa shape index (κ1) is 20.9. The number of hydrogen-bond donors (Lipinski definition) is 2. The van der Waals surface area contributed by atoms with Crippen LogP contribution in [-0.2, 0) is 22.4 Å². The second-order valence-corrected chi connectivity index (χ2v) is 9.15. The molecule has 0 unspecified atom stereocenters. The van der Waals surface area contributed by atoms with E-state index < -0.39 is 17.4 Å². The molecule has 0 amide bonds. The molecule has 2 aliphatic rings. The molecule has 0 saturated heterocycles. The Balaban J connectivity index is 1.41. The van der Waals surface area contributed by atoms with Gasteiger partial charge in [-0.25, -0.2) is 0 Å². The van der Waals surface area contributed by atoms with Gasteiger partial charge in [0.1, 0.15) is 0 Å². The standard InChI is InChI=1S/C24H34O4/c1-18-8-7-10-19(9-4-6-13-24(16-17-24)22(27)28)20(18)11-3-2-5-12-23(14-15-23)21(25)26/h7-8,10H,2-6,9,11-17H2,1H3,(H,25,26)(H,27,28). The Morgan fingerprint density at radius 2 is 1.36 bits per heavy atom. The van der Waals surface area contributed by atoms with E-state index in [1.807, 2.05) is 0 Å². The number of aryl methyl sites for hydroxylation is 2. The number of rotatable bonds is 13. The number of aliphatic carboxylic acids is 2. The van der Waals surface area contributed by atoms with Gasteiger partial charge in [-0.1, -0.05) is 37.5 Å². The Labute approximate surface area is 168 Å². The van der Waals surface area contributed by atoms with Gasteiger partial charge in [0.25, 0.3) is 0 Å². The fraction of sp³-hybridized carbons (Fsp3) is 0.667. The smallest absolute Gasteiger partial charge is 0.309 e. The molecule has 3 rings (SSSR count). The molecular weight excluding hydrogens is 352 g/mol. The monoisotopic (exact) mass is 386 g/mol. The Hall–Kier alpha value is -1.84. The second-order valence-electron chi connectivity index (χ2n) is 9.15. The van der Waals surface area contributed by atoms with E-state index in [1.54, 1.807) is 0 Å². The van der Waals surface area contributed by atoms with Crippen molar-refractivity contribution in [3.8, 4) is 0 Å². The van der Waals surface area contributed by atoms with E-state index >= 15 is 0 Å². The van der Waals surface area contributed by atoms with E-state index in [4.69, 9.17) is 0 Å². The largest absolute Gasteiger partial charge is 0.481 e. The summed E-state index contributed by atoms with van der Waals surface area (Å²) in [5.74, 6) is -1.22. The van der Waals surface area contributed by atoms with Crippen LogP contribution in [0, 0.1) is 17.8 Å². The van der Waals surface area contributed by atoms with Gasteiger partial charge in [0.2, 0.25) is 0 Å². The Bertz CT molecular complexity index is 713. The normalized spacial score (nSPS) is 18.6. The number of carboxylic acids is 2. The molecule has 28 heavy (non-hydrogen) atoms. The van der Waals surface area contributed by atoms with Crippen molar-refractivity contribution in [2.75, 3.05) is 0 Å². The fourth-order valence-electron chi connectivity index (χ4n) is 4.52. The van der Waals surface area contributed by atoms with Gasteiger partial charge in [-0.05, 0) is 87.8 Å². The van der Waals surface area contributed by atoms with Crippen molar-refractivity contribution in [1.82, 2.24) is 0 Å². The number of unbranched alkanes of at least 4 members (excludes halogenated alkanes) is 3. The molecule has 4 nitrogen and oxygen atoms in total. The summed E-state index contributed by atoms with van der Waals surface area (Å²) in [6, 6.07) is 6.51. The van der Waals surface area contributed by atoms with Gasteiger partial charge in [-0.15, -0.1) is 0 Å². The third-order valence-corrected chi connectivity index (χ3v) is 7.06. The van der Waals surface area contributed by atoms with Crippen molar-refractivity contribution in [3.05, 3.63) is 34.9 Å². The lowest BCUT2D eigenvalue weighted by Gasteiger charge is -2.14. The van der Waals surface area contributed by atoms with E-state index in [9.17, 15) is 19.8 Å². The van der Waals surface area contributed by atoms with Crippen molar-refractivity contribution in [2.45, 2.75) is 90.4 Å². The highest BCUT2D eigenvalue weighted by Gasteiger charge is 2.49. The molecule has 1 aromatic carbocycles. The Morgan fingerprint density at radius 1 is 0.821 bits per heavy atom. The SMILES string of the molecule is Cc1cccc(CCCCC2(C(=O)O)CC2)c1CCCCCC1(C(=O)O)CC1. The zero-order chi connectivity index (χ0) is 20.2. The topological polar surface area (TPSA) is 74.6 Å². The summed E-state index contributed by atoms with van der Waals surface area (Å²) in [6.07, 6.45) is 12.4. The summed E-state index contributed by atoms with van der Waals surface area (Å²) >= 11 is 0. The molecule has 0 spiro atoms. The van der Waals surface area contributed by atoms with Crippen molar-refractivity contribution in [2.24, 2.45) is 10.8 Å². The van der Waals surface area contributed by atoms with E-state index in [0.29, 0.717) is 0 Å². The van der Waals surface area contributed by atoms with E-state index in [-0.39, 0.29) is 5.41 Å². The zero-order valence-electron chi connectivity index (χ0n) is 17.1. The molecule has 0 bridgehead atoms. The number of benzene rings is 1. The highest BCUT2D eigenvalue weighted by molar-refractivity contribution is 5.78. The minimum absolute atomic E-state index is 0.386. The van der Waals surface area contributed by atoms with E-state index in [0.717, 1.165) is 83.5 Å². The Kier molecular flexibility index (Phi) is 6.47. The number of hydrogen-bond acceptors (Lipinski definition) is 2. The van der Waals surface area contributed by atoms with Crippen molar-refractivity contribution < 1.29 is 19.8 Å². The number of carboxylic acid groups (broad SMARTS) is 2. The Morgan fingerprint density at radius 3 is 1.89 bits per heavy atom. The van der Waals surface area contributed by atoms with Crippen LogP contribution in [0.4, 0.5) is 0 Å². The van der Waals surface area contributed by atoms with Gasteiger partial charge in [0, 0.05) is 0 Å². The fourth-order valence-corrected chi connectivity index (χ4v) is 4.52. The molecule has 2 aliphatic carbocycles. The third kappa shape index (κ3) is 4.95. The zero-order valence-corrected chi connectivity index (χ0v) is 17.1. The van der Waals surface area contributed by atoms with Crippen LogP contribution in [0.25, 0.3) is 0 Å². The first-order valence-corrected chi connectivity index (χ1v) is 10.9. The van der Waals surface area contributed by atoms with E-state index in [1.165, 1.54) is 16.7 Å². The highest BCUT2D eigenvalue weighted by Crippen LogP contribution is 2.50. The average molecular weight is 387 g/mol. The number of carbonyl (C=O) groups is 2. The molecule has 4 heteroatoms. The second kappa shape index (κ2) is 8.67. The van der Waals surface area contributed by atoms with Crippen LogP contribution >= 0.6 is 0 Å². The maximum atomic E-state index is 11.3. The van der Waals surface area contributed by atoms with Crippen LogP contribution < -0.4 is 0 Å². The van der Waals surface area contributed by atoms with Crippen molar-refractivity contribution in [3.63, 3.8) is 0 Å². The maximum absolute atomic E-state index is 11.3. The van der Waals surface area contributed by atoms with Gasteiger partial charge < -0.3 is 10.2 Å². The molecule has 0 heterocycles. The van der Waals surface area contributed by atoms with Crippen LogP contribution in [0.2, 0.25) is 0 Å². The lowest BCUT2D eigenvalue weighted by molar-refractivity contribution is -0.144. The molecule has 2 N–H and O–H groups in total. The molecule has 1 aromatic rings. The lowest BCUT2D eigenvalue weighted by Crippen LogP contribution is -2.14. The lowest BCUT2D eigenvalue weighted by atomic mass is 9.91.